The molecule has 3 rings (SSSR count). The Morgan fingerprint density at radius 2 is 2.19 bits per heavy atom. The molecule has 0 aromatic heterocycles. The first-order valence-corrected chi connectivity index (χ1v) is 5.95. The van der Waals surface area contributed by atoms with Crippen molar-refractivity contribution in [3.63, 3.8) is 0 Å². The number of fused-ring (bicyclic) bond motifs is 3. The van der Waals surface area contributed by atoms with Gasteiger partial charge in [0.2, 0.25) is 0 Å². The summed E-state index contributed by atoms with van der Waals surface area (Å²) in [5.74, 6) is -0.0197. The van der Waals surface area contributed by atoms with Gasteiger partial charge in [0.15, 0.2) is 0 Å². The molecule has 2 aliphatic heterocycles. The van der Waals surface area contributed by atoms with Crippen LogP contribution in [0.1, 0.15) is 18.1 Å². The Bertz CT molecular complexity index is 430. The summed E-state index contributed by atoms with van der Waals surface area (Å²) >= 11 is 0. The molecule has 1 N–H and O–H groups in total. The van der Waals surface area contributed by atoms with E-state index < -0.39 is 0 Å². The topological polar surface area (TPSA) is 15.3 Å². The average molecular weight is 220 g/mol. The lowest BCUT2D eigenvalue weighted by atomic mass is 10.1. The third-order valence-electron chi connectivity index (χ3n) is 3.79. The van der Waals surface area contributed by atoms with Crippen molar-refractivity contribution in [1.82, 2.24) is 5.32 Å². The van der Waals surface area contributed by atoms with Crippen molar-refractivity contribution in [2.45, 2.75) is 32.4 Å². The van der Waals surface area contributed by atoms with Gasteiger partial charge in [-0.1, -0.05) is 12.1 Å². The lowest BCUT2D eigenvalue weighted by molar-refractivity contribution is 0.425. The number of anilines is 1. The van der Waals surface area contributed by atoms with Gasteiger partial charge in [-0.2, -0.15) is 0 Å². The van der Waals surface area contributed by atoms with Crippen LogP contribution in [-0.4, -0.2) is 25.2 Å². The fraction of sp³-hybridized carbons (Fsp3) is 0.538. The zero-order valence-electron chi connectivity index (χ0n) is 9.76. The van der Waals surface area contributed by atoms with E-state index in [-0.39, 0.29) is 5.82 Å². The third kappa shape index (κ3) is 1.27. The van der Waals surface area contributed by atoms with E-state index >= 15 is 0 Å². The van der Waals surface area contributed by atoms with Gasteiger partial charge >= 0.3 is 0 Å². The van der Waals surface area contributed by atoms with Crippen LogP contribution in [-0.2, 0) is 6.42 Å². The largest absolute Gasteiger partial charge is 0.360 e. The standard InChI is InChI=1S/C13H17FN2/c1-8-3-4-10-5-11-7-15-6-9(2)16(11)13(10)12(8)14/h3-4,9,11,15H,5-7H2,1-2H3/t9-,11-/m1/s1. The number of nitrogens with zero attached hydrogens (tertiary/aromatic N) is 1. The van der Waals surface area contributed by atoms with E-state index in [2.05, 4.69) is 23.2 Å². The maximum atomic E-state index is 14.2. The predicted molar refractivity (Wildman–Crippen MR) is 63.4 cm³/mol. The summed E-state index contributed by atoms with van der Waals surface area (Å²) in [4.78, 5) is 2.27. The summed E-state index contributed by atoms with van der Waals surface area (Å²) < 4.78 is 14.2. The molecule has 0 unspecified atom stereocenters. The Kier molecular flexibility index (Phi) is 2.18. The van der Waals surface area contributed by atoms with Crippen molar-refractivity contribution in [3.8, 4) is 0 Å². The van der Waals surface area contributed by atoms with Crippen LogP contribution in [0.4, 0.5) is 10.1 Å². The Morgan fingerprint density at radius 1 is 1.38 bits per heavy atom. The second-order valence-corrected chi connectivity index (χ2v) is 4.98. The molecule has 2 atom stereocenters. The summed E-state index contributed by atoms with van der Waals surface area (Å²) in [6.07, 6.45) is 0.976. The molecule has 3 heteroatoms. The summed E-state index contributed by atoms with van der Waals surface area (Å²) in [5.41, 5.74) is 2.78. The highest BCUT2D eigenvalue weighted by Gasteiger charge is 2.37. The summed E-state index contributed by atoms with van der Waals surface area (Å²) in [7, 11) is 0. The van der Waals surface area contributed by atoms with Crippen molar-refractivity contribution < 1.29 is 4.39 Å². The highest BCUT2D eigenvalue weighted by molar-refractivity contribution is 5.63. The number of benzene rings is 1. The molecule has 0 aliphatic carbocycles. The molecule has 2 nitrogen and oxygen atoms in total. The summed E-state index contributed by atoms with van der Waals surface area (Å²) in [5, 5.41) is 3.41. The van der Waals surface area contributed by atoms with Gasteiger partial charge < -0.3 is 10.2 Å². The number of piperazine rings is 1. The fourth-order valence-electron chi connectivity index (χ4n) is 2.99. The zero-order chi connectivity index (χ0) is 11.3. The van der Waals surface area contributed by atoms with Gasteiger partial charge in [0.05, 0.1) is 5.69 Å². The SMILES string of the molecule is Cc1ccc2c(c1F)N1[C@@H](CNC[C@H]1C)C2. The van der Waals surface area contributed by atoms with E-state index in [0.717, 1.165) is 30.8 Å². The number of halogens is 1. The van der Waals surface area contributed by atoms with Crippen LogP contribution < -0.4 is 10.2 Å². The van der Waals surface area contributed by atoms with Gasteiger partial charge in [0.25, 0.3) is 0 Å². The van der Waals surface area contributed by atoms with Crippen LogP contribution in [0.15, 0.2) is 12.1 Å². The number of nitrogens with one attached hydrogen (secondary N) is 1. The van der Waals surface area contributed by atoms with Gasteiger partial charge in [0, 0.05) is 25.2 Å². The maximum absolute atomic E-state index is 14.2. The van der Waals surface area contributed by atoms with E-state index in [1.165, 1.54) is 5.56 Å². The van der Waals surface area contributed by atoms with E-state index in [4.69, 9.17) is 0 Å². The molecule has 1 saturated heterocycles. The van der Waals surface area contributed by atoms with Crippen LogP contribution in [0.25, 0.3) is 0 Å². The van der Waals surface area contributed by atoms with Crippen LogP contribution in [0.5, 0.6) is 0 Å². The Balaban J connectivity index is 2.11. The Morgan fingerprint density at radius 3 is 3.00 bits per heavy atom. The van der Waals surface area contributed by atoms with Crippen molar-refractivity contribution in [2.75, 3.05) is 18.0 Å². The predicted octanol–water partition coefficient (Wildman–Crippen LogP) is 1.86. The molecule has 1 fully saturated rings. The first-order valence-electron chi connectivity index (χ1n) is 5.95. The zero-order valence-corrected chi connectivity index (χ0v) is 9.76. The second kappa shape index (κ2) is 3.45. The molecule has 0 spiro atoms. The van der Waals surface area contributed by atoms with Crippen molar-refractivity contribution in [3.05, 3.63) is 29.1 Å². The minimum absolute atomic E-state index is 0.0197. The van der Waals surface area contributed by atoms with Crippen molar-refractivity contribution in [1.29, 1.82) is 0 Å². The van der Waals surface area contributed by atoms with Crippen molar-refractivity contribution in [2.24, 2.45) is 0 Å². The smallest absolute Gasteiger partial charge is 0.149 e. The van der Waals surface area contributed by atoms with Gasteiger partial charge in [-0.3, -0.25) is 0 Å². The molecule has 0 amide bonds. The van der Waals surface area contributed by atoms with E-state index in [0.29, 0.717) is 12.1 Å². The van der Waals surface area contributed by atoms with E-state index in [1.807, 2.05) is 13.0 Å². The highest BCUT2D eigenvalue weighted by atomic mass is 19.1. The van der Waals surface area contributed by atoms with Crippen LogP contribution in [0.2, 0.25) is 0 Å². The normalized spacial score (nSPS) is 27.8. The molecule has 0 bridgehead atoms. The quantitative estimate of drug-likeness (QED) is 0.718. The van der Waals surface area contributed by atoms with E-state index in [9.17, 15) is 4.39 Å². The number of aryl methyl sites for hydroxylation is 1. The molecular formula is C13H17FN2. The van der Waals surface area contributed by atoms with Crippen LogP contribution in [0.3, 0.4) is 0 Å². The molecule has 1 aromatic carbocycles. The molecule has 2 aliphatic rings. The van der Waals surface area contributed by atoms with Gasteiger partial charge in [-0.15, -0.1) is 0 Å². The minimum atomic E-state index is -0.0197. The van der Waals surface area contributed by atoms with Gasteiger partial charge in [-0.05, 0) is 31.4 Å². The number of hydrogen-bond acceptors (Lipinski definition) is 2. The fourth-order valence-corrected chi connectivity index (χ4v) is 2.99. The van der Waals surface area contributed by atoms with Crippen molar-refractivity contribution >= 4 is 5.69 Å². The Labute approximate surface area is 95.4 Å². The first-order chi connectivity index (χ1) is 7.68. The molecule has 0 radical (unpaired) electrons. The van der Waals surface area contributed by atoms with E-state index in [1.54, 1.807) is 0 Å². The third-order valence-corrected chi connectivity index (χ3v) is 3.79. The highest BCUT2D eigenvalue weighted by Crippen LogP contribution is 2.38. The summed E-state index contributed by atoms with van der Waals surface area (Å²) in [6, 6.07) is 4.80. The molecule has 86 valence electrons. The second-order valence-electron chi connectivity index (χ2n) is 4.98. The number of rotatable bonds is 0. The molecular weight excluding hydrogens is 203 g/mol. The molecule has 0 saturated carbocycles. The lowest BCUT2D eigenvalue weighted by Gasteiger charge is -2.38. The monoisotopic (exact) mass is 220 g/mol. The molecule has 2 heterocycles. The van der Waals surface area contributed by atoms with Gasteiger partial charge in [0.1, 0.15) is 5.82 Å². The van der Waals surface area contributed by atoms with Gasteiger partial charge in [-0.25, -0.2) is 4.39 Å². The number of hydrogen-bond donors (Lipinski definition) is 1. The first kappa shape index (κ1) is 10.1. The molecule has 1 aromatic rings. The summed E-state index contributed by atoms with van der Waals surface area (Å²) in [6.45, 7) is 5.92. The molecule has 16 heavy (non-hydrogen) atoms. The Hall–Kier alpha value is -1.09. The minimum Gasteiger partial charge on any atom is -0.360 e. The average Bonchev–Trinajstić information content (AvgIpc) is 2.64. The lowest BCUT2D eigenvalue weighted by Crippen LogP contribution is -2.55. The van der Waals surface area contributed by atoms with Crippen LogP contribution >= 0.6 is 0 Å². The van der Waals surface area contributed by atoms with Crippen LogP contribution in [0, 0.1) is 12.7 Å². The maximum Gasteiger partial charge on any atom is 0.149 e.